The van der Waals surface area contributed by atoms with Gasteiger partial charge in [-0.3, -0.25) is 4.98 Å². The maximum Gasteiger partial charge on any atom is 0.280 e. The fraction of sp³-hybridized carbons (Fsp3) is 0.182. The third-order valence-corrected chi connectivity index (χ3v) is 5.03. The van der Waals surface area contributed by atoms with Crippen molar-refractivity contribution in [3.05, 3.63) is 65.8 Å². The standard InChI is InChI=1S/C22H19N7O3/c1-13-19(22-25-20(27-32-22)17-6-4-5-11-23-17)26-28-29(13)12-18-14(2)31-21(24-18)15-7-9-16(30-3)10-8-15/h4-11H,12H2,1-3H3. The Labute approximate surface area is 182 Å². The van der Waals surface area contributed by atoms with E-state index in [1.807, 2.05) is 56.3 Å². The Morgan fingerprint density at radius 3 is 2.59 bits per heavy atom. The van der Waals surface area contributed by atoms with Crippen molar-refractivity contribution in [1.29, 1.82) is 0 Å². The highest BCUT2D eigenvalue weighted by atomic mass is 16.5. The van der Waals surface area contributed by atoms with Gasteiger partial charge in [0.25, 0.3) is 5.89 Å². The third-order valence-electron chi connectivity index (χ3n) is 5.03. The van der Waals surface area contributed by atoms with Gasteiger partial charge in [-0.25, -0.2) is 9.67 Å². The molecule has 32 heavy (non-hydrogen) atoms. The molecule has 10 nitrogen and oxygen atoms in total. The van der Waals surface area contributed by atoms with Gasteiger partial charge in [0.2, 0.25) is 11.7 Å². The molecular weight excluding hydrogens is 410 g/mol. The number of aromatic nitrogens is 7. The molecule has 10 heteroatoms. The number of rotatable bonds is 6. The van der Waals surface area contributed by atoms with E-state index < -0.39 is 0 Å². The quantitative estimate of drug-likeness (QED) is 0.398. The topological polar surface area (TPSA) is 118 Å². The molecule has 0 N–H and O–H groups in total. The molecule has 0 aliphatic carbocycles. The van der Waals surface area contributed by atoms with E-state index in [1.165, 1.54) is 0 Å². The van der Waals surface area contributed by atoms with Crippen molar-refractivity contribution in [3.8, 4) is 40.3 Å². The zero-order valence-corrected chi connectivity index (χ0v) is 17.7. The summed E-state index contributed by atoms with van der Waals surface area (Å²) >= 11 is 0. The second-order valence-corrected chi connectivity index (χ2v) is 7.07. The van der Waals surface area contributed by atoms with Crippen molar-refractivity contribution in [2.75, 3.05) is 7.11 Å². The van der Waals surface area contributed by atoms with Crippen LogP contribution in [0.3, 0.4) is 0 Å². The first-order valence-electron chi connectivity index (χ1n) is 9.88. The molecule has 0 aliphatic heterocycles. The van der Waals surface area contributed by atoms with E-state index in [0.717, 1.165) is 22.7 Å². The van der Waals surface area contributed by atoms with Crippen LogP contribution in [-0.4, -0.2) is 42.2 Å². The zero-order chi connectivity index (χ0) is 22.1. The summed E-state index contributed by atoms with van der Waals surface area (Å²) in [5.74, 6) is 2.70. The van der Waals surface area contributed by atoms with Crippen LogP contribution in [0.2, 0.25) is 0 Å². The van der Waals surface area contributed by atoms with E-state index >= 15 is 0 Å². The number of ether oxygens (including phenoxy) is 1. The number of hydrogen-bond acceptors (Lipinski definition) is 9. The Hall–Kier alpha value is -4.34. The number of benzene rings is 1. The molecule has 4 heterocycles. The summed E-state index contributed by atoms with van der Waals surface area (Å²) in [5.41, 5.74) is 3.53. The molecule has 5 aromatic rings. The molecule has 0 bridgehead atoms. The summed E-state index contributed by atoms with van der Waals surface area (Å²) in [6.45, 7) is 4.16. The Morgan fingerprint density at radius 2 is 1.84 bits per heavy atom. The summed E-state index contributed by atoms with van der Waals surface area (Å²) in [6.07, 6.45) is 1.67. The lowest BCUT2D eigenvalue weighted by Gasteiger charge is -2.00. The number of nitrogens with zero attached hydrogens (tertiary/aromatic N) is 7. The van der Waals surface area contributed by atoms with Gasteiger partial charge in [-0.2, -0.15) is 4.98 Å². The molecule has 0 spiro atoms. The number of oxazole rings is 1. The molecular formula is C22H19N7O3. The van der Waals surface area contributed by atoms with Gasteiger partial charge < -0.3 is 13.7 Å². The predicted octanol–water partition coefficient (Wildman–Crippen LogP) is 3.72. The molecule has 0 saturated heterocycles. The molecule has 0 unspecified atom stereocenters. The van der Waals surface area contributed by atoms with Crippen LogP contribution >= 0.6 is 0 Å². The van der Waals surface area contributed by atoms with E-state index in [1.54, 1.807) is 18.0 Å². The second-order valence-electron chi connectivity index (χ2n) is 7.07. The minimum Gasteiger partial charge on any atom is -0.497 e. The molecule has 1 aromatic carbocycles. The largest absolute Gasteiger partial charge is 0.497 e. The van der Waals surface area contributed by atoms with Gasteiger partial charge in [-0.15, -0.1) is 5.10 Å². The molecule has 5 rings (SSSR count). The first-order valence-corrected chi connectivity index (χ1v) is 9.88. The van der Waals surface area contributed by atoms with Crippen molar-refractivity contribution in [2.45, 2.75) is 20.4 Å². The average molecular weight is 429 g/mol. The molecule has 0 aliphatic rings. The Bertz CT molecular complexity index is 1350. The SMILES string of the molecule is COc1ccc(-c2nc(Cn3nnc(-c4nc(-c5ccccn5)no4)c3C)c(C)o2)cc1. The monoisotopic (exact) mass is 429 g/mol. The minimum atomic E-state index is 0.283. The third kappa shape index (κ3) is 3.62. The van der Waals surface area contributed by atoms with Crippen LogP contribution < -0.4 is 4.74 Å². The molecule has 0 amide bonds. The van der Waals surface area contributed by atoms with Crippen LogP contribution in [0, 0.1) is 13.8 Å². The summed E-state index contributed by atoms with van der Waals surface area (Å²) < 4.78 is 18.2. The predicted molar refractivity (Wildman–Crippen MR) is 114 cm³/mol. The number of hydrogen-bond donors (Lipinski definition) is 0. The van der Waals surface area contributed by atoms with E-state index in [-0.39, 0.29) is 5.89 Å². The average Bonchev–Trinajstić information content (AvgIpc) is 3.55. The number of pyridine rings is 1. The fourth-order valence-corrected chi connectivity index (χ4v) is 3.20. The summed E-state index contributed by atoms with van der Waals surface area (Å²) in [6, 6.07) is 13.0. The van der Waals surface area contributed by atoms with Gasteiger partial charge in [0.05, 0.1) is 19.3 Å². The normalized spacial score (nSPS) is 11.1. The molecule has 4 aromatic heterocycles. The molecule has 0 radical (unpaired) electrons. The lowest BCUT2D eigenvalue weighted by Crippen LogP contribution is -2.05. The van der Waals surface area contributed by atoms with Gasteiger partial charge >= 0.3 is 0 Å². The van der Waals surface area contributed by atoms with Gasteiger partial charge in [0.1, 0.15) is 22.9 Å². The van der Waals surface area contributed by atoms with Crippen LogP contribution in [0.1, 0.15) is 17.1 Å². The zero-order valence-electron chi connectivity index (χ0n) is 17.7. The Kier molecular flexibility index (Phi) is 4.94. The maximum atomic E-state index is 5.87. The summed E-state index contributed by atoms with van der Waals surface area (Å²) in [7, 11) is 1.63. The smallest absolute Gasteiger partial charge is 0.280 e. The van der Waals surface area contributed by atoms with Gasteiger partial charge in [-0.1, -0.05) is 16.4 Å². The first-order chi connectivity index (χ1) is 15.6. The Balaban J connectivity index is 1.39. The van der Waals surface area contributed by atoms with Crippen LogP contribution in [0.4, 0.5) is 0 Å². The number of methoxy groups -OCH3 is 1. The van der Waals surface area contributed by atoms with Crippen molar-refractivity contribution in [1.82, 2.24) is 35.1 Å². The molecule has 0 saturated carbocycles. The molecule has 0 fully saturated rings. The van der Waals surface area contributed by atoms with E-state index in [0.29, 0.717) is 35.4 Å². The van der Waals surface area contributed by atoms with Crippen LogP contribution in [0.5, 0.6) is 5.75 Å². The minimum absolute atomic E-state index is 0.283. The summed E-state index contributed by atoms with van der Waals surface area (Å²) in [5, 5.41) is 12.5. The lowest BCUT2D eigenvalue weighted by atomic mass is 10.2. The van der Waals surface area contributed by atoms with Crippen molar-refractivity contribution < 1.29 is 13.7 Å². The summed E-state index contributed by atoms with van der Waals surface area (Å²) in [4.78, 5) is 13.3. The molecule has 160 valence electrons. The van der Waals surface area contributed by atoms with E-state index in [4.69, 9.17) is 13.7 Å². The van der Waals surface area contributed by atoms with Crippen LogP contribution in [0.15, 0.2) is 57.6 Å². The van der Waals surface area contributed by atoms with E-state index in [2.05, 4.69) is 30.4 Å². The van der Waals surface area contributed by atoms with Crippen molar-refractivity contribution in [3.63, 3.8) is 0 Å². The molecule has 0 atom stereocenters. The van der Waals surface area contributed by atoms with Gasteiger partial charge in [0.15, 0.2) is 5.69 Å². The highest BCUT2D eigenvalue weighted by Gasteiger charge is 2.20. The number of aryl methyl sites for hydroxylation is 1. The van der Waals surface area contributed by atoms with Crippen molar-refractivity contribution >= 4 is 0 Å². The van der Waals surface area contributed by atoms with E-state index in [9.17, 15) is 0 Å². The second kappa shape index (κ2) is 8.06. The van der Waals surface area contributed by atoms with Crippen LogP contribution in [0.25, 0.3) is 34.6 Å². The van der Waals surface area contributed by atoms with Crippen molar-refractivity contribution in [2.24, 2.45) is 0 Å². The van der Waals surface area contributed by atoms with Crippen LogP contribution in [-0.2, 0) is 6.54 Å². The Morgan fingerprint density at radius 1 is 1.00 bits per heavy atom. The first kappa shape index (κ1) is 19.6. The van der Waals surface area contributed by atoms with Gasteiger partial charge in [0, 0.05) is 11.8 Å². The highest BCUT2D eigenvalue weighted by molar-refractivity contribution is 5.56. The highest BCUT2D eigenvalue weighted by Crippen LogP contribution is 2.26. The lowest BCUT2D eigenvalue weighted by molar-refractivity contribution is 0.415. The van der Waals surface area contributed by atoms with Gasteiger partial charge in [-0.05, 0) is 50.2 Å². The maximum absolute atomic E-state index is 5.87. The fourth-order valence-electron chi connectivity index (χ4n) is 3.20.